The Kier molecular flexibility index (Phi) is 1.90. The summed E-state index contributed by atoms with van der Waals surface area (Å²) in [5.41, 5.74) is 2.50. The maximum Gasteiger partial charge on any atom is 0.159 e. The second kappa shape index (κ2) is 2.83. The molecule has 1 nitrogen and oxygen atoms in total. The molecule has 0 aromatic carbocycles. The van der Waals surface area contributed by atoms with Crippen molar-refractivity contribution in [3.8, 4) is 0 Å². The molecular formula is C12H16O. The fourth-order valence-corrected chi connectivity index (χ4v) is 2.52. The zero-order chi connectivity index (χ0) is 9.47. The summed E-state index contributed by atoms with van der Waals surface area (Å²) in [6.45, 7) is 4.11. The minimum Gasteiger partial charge on any atom is -0.295 e. The van der Waals surface area contributed by atoms with Gasteiger partial charge in [-0.3, -0.25) is 4.79 Å². The predicted molar refractivity (Wildman–Crippen MR) is 53.4 cm³/mol. The summed E-state index contributed by atoms with van der Waals surface area (Å²) in [7, 11) is 0. The van der Waals surface area contributed by atoms with Gasteiger partial charge in [-0.1, -0.05) is 17.7 Å². The molecule has 0 saturated heterocycles. The highest BCUT2D eigenvalue weighted by atomic mass is 16.1. The van der Waals surface area contributed by atoms with Gasteiger partial charge in [0.25, 0.3) is 0 Å². The summed E-state index contributed by atoms with van der Waals surface area (Å²) < 4.78 is 0. The molecule has 0 radical (unpaired) electrons. The summed E-state index contributed by atoms with van der Waals surface area (Å²) in [6, 6.07) is 0. The Labute approximate surface area is 79.5 Å². The molecular weight excluding hydrogens is 160 g/mol. The largest absolute Gasteiger partial charge is 0.295 e. The highest BCUT2D eigenvalue weighted by molar-refractivity contribution is 5.98. The van der Waals surface area contributed by atoms with Crippen molar-refractivity contribution in [3.05, 3.63) is 23.3 Å². The van der Waals surface area contributed by atoms with Gasteiger partial charge in [-0.15, -0.1) is 0 Å². The Hall–Kier alpha value is -0.850. The Balaban J connectivity index is 2.37. The van der Waals surface area contributed by atoms with Crippen LogP contribution in [0.25, 0.3) is 0 Å². The number of hydrogen-bond donors (Lipinski definition) is 0. The molecule has 0 aromatic heterocycles. The van der Waals surface area contributed by atoms with Crippen LogP contribution in [0.2, 0.25) is 0 Å². The number of Topliss-reactive ketones (excluding diaryl/α,β-unsaturated/α-hetero) is 1. The van der Waals surface area contributed by atoms with Crippen LogP contribution in [0.3, 0.4) is 0 Å². The Morgan fingerprint density at radius 1 is 1.38 bits per heavy atom. The van der Waals surface area contributed by atoms with E-state index >= 15 is 0 Å². The monoisotopic (exact) mass is 176 g/mol. The number of carbonyl (C=O) groups excluding carboxylic acids is 1. The minimum atomic E-state index is 0.124. The highest BCUT2D eigenvalue weighted by Crippen LogP contribution is 2.46. The molecule has 0 bridgehead atoms. The van der Waals surface area contributed by atoms with Crippen molar-refractivity contribution in [2.45, 2.75) is 39.5 Å². The van der Waals surface area contributed by atoms with Crippen LogP contribution >= 0.6 is 0 Å². The quantitative estimate of drug-likeness (QED) is 0.518. The van der Waals surface area contributed by atoms with Crippen molar-refractivity contribution in [2.75, 3.05) is 0 Å². The second-order valence-electron chi connectivity index (χ2n) is 4.36. The van der Waals surface area contributed by atoms with Crippen molar-refractivity contribution in [1.82, 2.24) is 0 Å². The summed E-state index contributed by atoms with van der Waals surface area (Å²) in [6.07, 6.45) is 8.80. The van der Waals surface area contributed by atoms with Crippen molar-refractivity contribution in [1.29, 1.82) is 0 Å². The van der Waals surface area contributed by atoms with Crippen molar-refractivity contribution < 1.29 is 4.79 Å². The zero-order valence-corrected chi connectivity index (χ0v) is 8.39. The van der Waals surface area contributed by atoms with Crippen LogP contribution in [0.5, 0.6) is 0 Å². The summed E-state index contributed by atoms with van der Waals surface area (Å²) in [5, 5.41) is 0. The van der Waals surface area contributed by atoms with E-state index in [2.05, 4.69) is 19.1 Å². The lowest BCUT2D eigenvalue weighted by molar-refractivity contribution is -0.115. The van der Waals surface area contributed by atoms with Crippen molar-refractivity contribution in [2.24, 2.45) is 5.41 Å². The summed E-state index contributed by atoms with van der Waals surface area (Å²) in [5.74, 6) is 0.342. The van der Waals surface area contributed by atoms with E-state index in [1.54, 1.807) is 0 Å². The highest BCUT2D eigenvalue weighted by Gasteiger charge is 2.38. The van der Waals surface area contributed by atoms with Gasteiger partial charge in [0.2, 0.25) is 0 Å². The van der Waals surface area contributed by atoms with Crippen molar-refractivity contribution >= 4 is 5.78 Å². The molecule has 0 aliphatic heterocycles. The first-order chi connectivity index (χ1) is 6.14. The maximum atomic E-state index is 11.5. The molecule has 0 aromatic rings. The number of carbonyl (C=O) groups is 1. The average Bonchev–Trinajstić information content (AvgIpc) is 2.36. The first-order valence-corrected chi connectivity index (χ1v) is 5.04. The number of allylic oxidation sites excluding steroid dienone is 4. The number of ketones is 1. The van der Waals surface area contributed by atoms with Gasteiger partial charge in [-0.2, -0.15) is 0 Å². The molecule has 1 heteroatoms. The molecule has 13 heavy (non-hydrogen) atoms. The topological polar surface area (TPSA) is 17.1 Å². The standard InChI is InChI=1S/C12H16O/c1-9-7-12(8-11(9)13)6-4-3-5-10(12)2/h5,7H,3-4,6,8H2,1-2H3. The van der Waals surface area contributed by atoms with Crippen molar-refractivity contribution in [3.63, 3.8) is 0 Å². The van der Waals surface area contributed by atoms with E-state index in [9.17, 15) is 4.79 Å². The van der Waals surface area contributed by atoms with Gasteiger partial charge in [-0.25, -0.2) is 0 Å². The third-order valence-corrected chi connectivity index (χ3v) is 3.47. The van der Waals surface area contributed by atoms with Gasteiger partial charge >= 0.3 is 0 Å². The molecule has 0 saturated carbocycles. The normalized spacial score (nSPS) is 33.5. The smallest absolute Gasteiger partial charge is 0.159 e. The lowest BCUT2D eigenvalue weighted by atomic mass is 9.73. The Morgan fingerprint density at radius 2 is 2.15 bits per heavy atom. The Bertz CT molecular complexity index is 309. The van der Waals surface area contributed by atoms with E-state index < -0.39 is 0 Å². The summed E-state index contributed by atoms with van der Waals surface area (Å²) >= 11 is 0. The SMILES string of the molecule is CC1=CC2(CCCC=C2C)CC1=O. The number of hydrogen-bond acceptors (Lipinski definition) is 1. The van der Waals surface area contributed by atoms with E-state index in [0.29, 0.717) is 5.78 Å². The van der Waals surface area contributed by atoms with Gasteiger partial charge in [-0.05, 0) is 38.7 Å². The molecule has 1 spiro atoms. The van der Waals surface area contributed by atoms with Crippen LogP contribution in [-0.4, -0.2) is 5.78 Å². The van der Waals surface area contributed by atoms with Crippen LogP contribution in [0, 0.1) is 5.41 Å². The van der Waals surface area contributed by atoms with E-state index in [4.69, 9.17) is 0 Å². The van der Waals surface area contributed by atoms with Gasteiger partial charge in [0.05, 0.1) is 0 Å². The second-order valence-corrected chi connectivity index (χ2v) is 4.36. The van der Waals surface area contributed by atoms with E-state index in [1.807, 2.05) is 6.92 Å². The van der Waals surface area contributed by atoms with Crippen LogP contribution in [-0.2, 0) is 4.79 Å². The zero-order valence-electron chi connectivity index (χ0n) is 8.39. The minimum absolute atomic E-state index is 0.124. The van der Waals surface area contributed by atoms with Crippen LogP contribution in [0.4, 0.5) is 0 Å². The van der Waals surface area contributed by atoms with E-state index in [-0.39, 0.29) is 5.41 Å². The lowest BCUT2D eigenvalue weighted by Crippen LogP contribution is -2.21. The maximum absolute atomic E-state index is 11.5. The van der Waals surface area contributed by atoms with Gasteiger partial charge in [0.15, 0.2) is 5.78 Å². The third kappa shape index (κ3) is 1.27. The molecule has 2 aliphatic carbocycles. The van der Waals surface area contributed by atoms with Crippen LogP contribution in [0.1, 0.15) is 39.5 Å². The molecule has 0 fully saturated rings. The fraction of sp³-hybridized carbons (Fsp3) is 0.583. The van der Waals surface area contributed by atoms with E-state index in [1.165, 1.54) is 24.8 Å². The predicted octanol–water partition coefficient (Wildman–Crippen LogP) is 3.02. The third-order valence-electron chi connectivity index (χ3n) is 3.47. The Morgan fingerprint density at radius 3 is 2.69 bits per heavy atom. The van der Waals surface area contributed by atoms with Crippen LogP contribution in [0.15, 0.2) is 23.3 Å². The average molecular weight is 176 g/mol. The van der Waals surface area contributed by atoms with E-state index in [0.717, 1.165) is 12.0 Å². The first-order valence-electron chi connectivity index (χ1n) is 5.04. The molecule has 2 aliphatic rings. The number of rotatable bonds is 0. The van der Waals surface area contributed by atoms with Crippen LogP contribution < -0.4 is 0 Å². The molecule has 0 heterocycles. The molecule has 1 atom stereocenters. The van der Waals surface area contributed by atoms with Gasteiger partial charge in [0.1, 0.15) is 0 Å². The molecule has 1 unspecified atom stereocenters. The van der Waals surface area contributed by atoms with Gasteiger partial charge < -0.3 is 0 Å². The molecule has 0 amide bonds. The van der Waals surface area contributed by atoms with Gasteiger partial charge in [0, 0.05) is 11.8 Å². The molecule has 0 N–H and O–H groups in total. The lowest BCUT2D eigenvalue weighted by Gasteiger charge is -2.31. The summed E-state index contributed by atoms with van der Waals surface area (Å²) in [4.78, 5) is 11.5. The fourth-order valence-electron chi connectivity index (χ4n) is 2.52. The molecule has 2 rings (SSSR count). The first kappa shape index (κ1) is 8.74. The molecule has 70 valence electrons.